The van der Waals surface area contributed by atoms with Crippen LogP contribution in [0.5, 0.6) is 0 Å². The van der Waals surface area contributed by atoms with E-state index in [1.165, 1.54) is 19.1 Å². The van der Waals surface area contributed by atoms with E-state index in [0.717, 1.165) is 5.69 Å². The molecular formula is C13H19NO2S. The van der Waals surface area contributed by atoms with Crippen LogP contribution in [0.2, 0.25) is 0 Å². The smallest absolute Gasteiger partial charge is 0.175 e. The second-order valence-corrected chi connectivity index (χ2v) is 7.33. The lowest BCUT2D eigenvalue weighted by molar-refractivity contribution is 0.493. The zero-order valence-corrected chi connectivity index (χ0v) is 11.3. The number of sulfone groups is 1. The van der Waals surface area contributed by atoms with E-state index in [9.17, 15) is 8.42 Å². The molecule has 1 N–H and O–H groups in total. The van der Waals surface area contributed by atoms with Crippen molar-refractivity contribution in [3.63, 3.8) is 0 Å². The first kappa shape index (κ1) is 12.4. The highest BCUT2D eigenvalue weighted by Gasteiger charge is 2.42. The molecule has 1 unspecified atom stereocenters. The van der Waals surface area contributed by atoms with Gasteiger partial charge in [-0.05, 0) is 49.4 Å². The molecule has 4 heteroatoms. The molecule has 0 bridgehead atoms. The first-order valence-electron chi connectivity index (χ1n) is 5.88. The van der Waals surface area contributed by atoms with Gasteiger partial charge in [0.25, 0.3) is 0 Å². The molecular weight excluding hydrogens is 234 g/mol. The van der Waals surface area contributed by atoms with E-state index in [2.05, 4.69) is 19.2 Å². The van der Waals surface area contributed by atoms with Crippen molar-refractivity contribution in [1.82, 2.24) is 0 Å². The number of hydrogen-bond acceptors (Lipinski definition) is 3. The van der Waals surface area contributed by atoms with E-state index in [1.807, 2.05) is 12.1 Å². The van der Waals surface area contributed by atoms with Crippen molar-refractivity contribution in [1.29, 1.82) is 0 Å². The fourth-order valence-electron chi connectivity index (χ4n) is 1.85. The lowest BCUT2D eigenvalue weighted by atomic mass is 10.0. The van der Waals surface area contributed by atoms with Gasteiger partial charge in [-0.15, -0.1) is 0 Å². The van der Waals surface area contributed by atoms with Gasteiger partial charge in [-0.1, -0.05) is 6.92 Å². The maximum Gasteiger partial charge on any atom is 0.175 e. The molecule has 1 aromatic carbocycles. The van der Waals surface area contributed by atoms with Crippen LogP contribution in [0.25, 0.3) is 0 Å². The molecule has 0 aliphatic heterocycles. The highest BCUT2D eigenvalue weighted by Crippen LogP contribution is 2.48. The van der Waals surface area contributed by atoms with Gasteiger partial charge >= 0.3 is 0 Å². The monoisotopic (exact) mass is 253 g/mol. The van der Waals surface area contributed by atoms with Gasteiger partial charge in [0.05, 0.1) is 4.90 Å². The molecule has 0 saturated heterocycles. The van der Waals surface area contributed by atoms with Crippen LogP contribution < -0.4 is 5.32 Å². The molecule has 17 heavy (non-hydrogen) atoms. The van der Waals surface area contributed by atoms with E-state index in [4.69, 9.17) is 0 Å². The van der Waals surface area contributed by atoms with Crippen molar-refractivity contribution < 1.29 is 8.42 Å². The van der Waals surface area contributed by atoms with Gasteiger partial charge in [0.2, 0.25) is 0 Å². The molecule has 1 atom stereocenters. The normalized spacial score (nSPS) is 19.7. The molecule has 1 saturated carbocycles. The minimum absolute atomic E-state index is 0.369. The first-order valence-corrected chi connectivity index (χ1v) is 7.77. The Balaban J connectivity index is 2.08. The molecule has 2 rings (SSSR count). The predicted octanol–water partition coefficient (Wildman–Crippen LogP) is 2.69. The summed E-state index contributed by atoms with van der Waals surface area (Å²) in [6, 6.07) is 7.39. The summed E-state index contributed by atoms with van der Waals surface area (Å²) >= 11 is 0. The molecule has 1 aliphatic rings. The van der Waals surface area contributed by atoms with Crippen LogP contribution in [-0.4, -0.2) is 20.7 Å². The maximum atomic E-state index is 11.3. The Morgan fingerprint density at radius 3 is 2.18 bits per heavy atom. The lowest BCUT2D eigenvalue weighted by Crippen LogP contribution is -2.24. The minimum atomic E-state index is -3.09. The van der Waals surface area contributed by atoms with Crippen LogP contribution in [0, 0.1) is 5.41 Å². The number of rotatable bonds is 4. The predicted molar refractivity (Wildman–Crippen MR) is 70.0 cm³/mol. The van der Waals surface area contributed by atoms with Gasteiger partial charge in [0.1, 0.15) is 0 Å². The summed E-state index contributed by atoms with van der Waals surface area (Å²) < 4.78 is 22.6. The Labute approximate surface area is 103 Å². The second-order valence-electron chi connectivity index (χ2n) is 5.32. The largest absolute Gasteiger partial charge is 0.382 e. The van der Waals surface area contributed by atoms with Gasteiger partial charge < -0.3 is 5.32 Å². The minimum Gasteiger partial charge on any atom is -0.382 e. The van der Waals surface area contributed by atoms with Crippen molar-refractivity contribution in [3.05, 3.63) is 24.3 Å². The molecule has 1 aromatic rings. The van der Waals surface area contributed by atoms with Gasteiger partial charge in [-0.25, -0.2) is 8.42 Å². The Hall–Kier alpha value is -1.03. The lowest BCUT2D eigenvalue weighted by Gasteiger charge is -2.21. The SMILES string of the molecule is CC(Nc1ccc(S(C)(=O)=O)cc1)C1(C)CC1. The number of nitrogens with one attached hydrogen (secondary N) is 1. The van der Waals surface area contributed by atoms with E-state index in [0.29, 0.717) is 16.4 Å². The van der Waals surface area contributed by atoms with E-state index < -0.39 is 9.84 Å². The molecule has 3 nitrogen and oxygen atoms in total. The van der Waals surface area contributed by atoms with Crippen LogP contribution in [0.15, 0.2) is 29.2 Å². The molecule has 94 valence electrons. The van der Waals surface area contributed by atoms with Gasteiger partial charge in [-0.3, -0.25) is 0 Å². The summed E-state index contributed by atoms with van der Waals surface area (Å²) in [5, 5.41) is 3.43. The molecule has 0 heterocycles. The van der Waals surface area contributed by atoms with Crippen molar-refractivity contribution in [3.8, 4) is 0 Å². The van der Waals surface area contributed by atoms with Gasteiger partial charge in [0, 0.05) is 18.0 Å². The molecule has 1 aliphatic carbocycles. The summed E-state index contributed by atoms with van der Waals surface area (Å²) in [4.78, 5) is 0.369. The third-order valence-electron chi connectivity index (χ3n) is 3.75. The van der Waals surface area contributed by atoms with Crippen LogP contribution in [0.3, 0.4) is 0 Å². The average Bonchev–Trinajstić information content (AvgIpc) is 2.97. The van der Waals surface area contributed by atoms with E-state index in [1.54, 1.807) is 12.1 Å². The van der Waals surface area contributed by atoms with Crippen molar-refractivity contribution in [2.45, 2.75) is 37.6 Å². The molecule has 1 fully saturated rings. The van der Waals surface area contributed by atoms with Crippen LogP contribution in [0.4, 0.5) is 5.69 Å². The van der Waals surface area contributed by atoms with Crippen molar-refractivity contribution >= 4 is 15.5 Å². The molecule has 0 amide bonds. The third kappa shape index (κ3) is 2.80. The molecule has 0 radical (unpaired) electrons. The Bertz CT molecular complexity index is 501. The third-order valence-corrected chi connectivity index (χ3v) is 4.88. The van der Waals surface area contributed by atoms with Crippen molar-refractivity contribution in [2.75, 3.05) is 11.6 Å². The Morgan fingerprint density at radius 1 is 1.24 bits per heavy atom. The molecule has 0 spiro atoms. The van der Waals surface area contributed by atoms with Crippen molar-refractivity contribution in [2.24, 2.45) is 5.41 Å². The van der Waals surface area contributed by atoms with Gasteiger partial charge in [0.15, 0.2) is 9.84 Å². The van der Waals surface area contributed by atoms with Gasteiger partial charge in [-0.2, -0.15) is 0 Å². The topological polar surface area (TPSA) is 46.2 Å². The summed E-state index contributed by atoms with van der Waals surface area (Å²) in [6.07, 6.45) is 3.76. The highest BCUT2D eigenvalue weighted by atomic mass is 32.2. The van der Waals surface area contributed by atoms with Crippen LogP contribution in [0.1, 0.15) is 26.7 Å². The maximum absolute atomic E-state index is 11.3. The Kier molecular flexibility index (Phi) is 2.94. The number of benzene rings is 1. The summed E-state index contributed by atoms with van der Waals surface area (Å²) in [6.45, 7) is 4.45. The zero-order valence-electron chi connectivity index (χ0n) is 10.5. The van der Waals surface area contributed by atoms with Crippen LogP contribution in [-0.2, 0) is 9.84 Å². The quantitative estimate of drug-likeness (QED) is 0.897. The van der Waals surface area contributed by atoms with Crippen LogP contribution >= 0.6 is 0 Å². The highest BCUT2D eigenvalue weighted by molar-refractivity contribution is 7.90. The Morgan fingerprint density at radius 2 is 1.76 bits per heavy atom. The standard InChI is InChI=1S/C13H19NO2S/c1-10(13(2)8-9-13)14-11-4-6-12(7-5-11)17(3,15)16/h4-7,10,14H,8-9H2,1-3H3. The fourth-order valence-corrected chi connectivity index (χ4v) is 2.48. The summed E-state index contributed by atoms with van der Waals surface area (Å²) in [5.41, 5.74) is 1.40. The fraction of sp³-hybridized carbons (Fsp3) is 0.538. The number of anilines is 1. The zero-order chi connectivity index (χ0) is 12.7. The van der Waals surface area contributed by atoms with E-state index in [-0.39, 0.29) is 0 Å². The number of hydrogen-bond donors (Lipinski definition) is 1. The molecule has 0 aromatic heterocycles. The summed E-state index contributed by atoms with van der Waals surface area (Å²) in [7, 11) is -3.09. The average molecular weight is 253 g/mol. The van der Waals surface area contributed by atoms with E-state index >= 15 is 0 Å². The first-order chi connectivity index (χ1) is 7.81. The summed E-state index contributed by atoms with van der Waals surface area (Å²) in [5.74, 6) is 0. The second kappa shape index (κ2) is 4.02.